The zero-order chi connectivity index (χ0) is 22.9. The van der Waals surface area contributed by atoms with Gasteiger partial charge >= 0.3 is 6.18 Å². The molecule has 0 aliphatic rings. The number of hydrogen-bond donors (Lipinski definition) is 1. The van der Waals surface area contributed by atoms with E-state index in [9.17, 15) is 23.3 Å². The van der Waals surface area contributed by atoms with Gasteiger partial charge in [0.2, 0.25) is 5.28 Å². The number of anilines is 1. The van der Waals surface area contributed by atoms with Crippen LogP contribution < -0.4 is 14.8 Å². The van der Waals surface area contributed by atoms with Crippen LogP contribution in [0.2, 0.25) is 5.28 Å². The summed E-state index contributed by atoms with van der Waals surface area (Å²) >= 11 is 6.00. The number of rotatable bonds is 6. The molecular formula is C19H16ClF3N4O4. The molecule has 2 aromatic carbocycles. The number of non-ortho nitro benzene ring substituents is 1. The number of aromatic nitrogens is 2. The minimum Gasteiger partial charge on any atom is -0.493 e. The lowest BCUT2D eigenvalue weighted by Gasteiger charge is -2.18. The van der Waals surface area contributed by atoms with Gasteiger partial charge in [0.05, 0.1) is 36.3 Å². The second-order valence-corrected chi connectivity index (χ2v) is 6.84. The first-order valence-corrected chi connectivity index (χ1v) is 9.13. The Morgan fingerprint density at radius 3 is 2.32 bits per heavy atom. The molecule has 1 unspecified atom stereocenters. The van der Waals surface area contributed by atoms with Gasteiger partial charge in [-0.3, -0.25) is 10.1 Å². The SMILES string of the molecule is COc1cc2nc(Cl)nc(NC(C)c3cc([N+](=O)[O-])cc(C(F)(F)F)c3)c2cc1OC. The van der Waals surface area contributed by atoms with Crippen LogP contribution in [0.4, 0.5) is 24.7 Å². The van der Waals surface area contributed by atoms with Crippen LogP contribution in [0.3, 0.4) is 0 Å². The molecule has 1 aromatic heterocycles. The first-order chi connectivity index (χ1) is 14.5. The highest BCUT2D eigenvalue weighted by atomic mass is 35.5. The third kappa shape index (κ3) is 4.71. The van der Waals surface area contributed by atoms with Crippen LogP contribution >= 0.6 is 11.6 Å². The molecule has 0 aliphatic carbocycles. The Morgan fingerprint density at radius 1 is 1.10 bits per heavy atom. The highest BCUT2D eigenvalue weighted by Crippen LogP contribution is 2.37. The number of nitro benzene ring substituents is 1. The highest BCUT2D eigenvalue weighted by Gasteiger charge is 2.33. The van der Waals surface area contributed by atoms with Crippen molar-refractivity contribution in [1.29, 1.82) is 0 Å². The van der Waals surface area contributed by atoms with Crippen LogP contribution in [0.5, 0.6) is 11.5 Å². The predicted octanol–water partition coefficient (Wildman–Crippen LogP) is 5.40. The summed E-state index contributed by atoms with van der Waals surface area (Å²) in [6, 6.07) is 4.79. The van der Waals surface area contributed by atoms with Gasteiger partial charge in [-0.2, -0.15) is 13.2 Å². The average molecular weight is 457 g/mol. The Balaban J connectivity index is 2.08. The highest BCUT2D eigenvalue weighted by molar-refractivity contribution is 6.28. The van der Waals surface area contributed by atoms with E-state index in [1.807, 2.05) is 0 Å². The van der Waals surface area contributed by atoms with E-state index in [1.165, 1.54) is 14.2 Å². The summed E-state index contributed by atoms with van der Waals surface area (Å²) in [6.07, 6.45) is -4.74. The normalized spacial score (nSPS) is 12.5. The molecule has 0 aliphatic heterocycles. The van der Waals surface area contributed by atoms with Crippen molar-refractivity contribution < 1.29 is 27.6 Å². The summed E-state index contributed by atoms with van der Waals surface area (Å²) in [5.41, 5.74) is -1.34. The maximum atomic E-state index is 13.2. The Kier molecular flexibility index (Phi) is 6.07. The van der Waals surface area contributed by atoms with Crippen molar-refractivity contribution in [3.8, 4) is 11.5 Å². The Labute approximate surface area is 179 Å². The summed E-state index contributed by atoms with van der Waals surface area (Å²) in [4.78, 5) is 18.5. The molecule has 3 rings (SSSR count). The second-order valence-electron chi connectivity index (χ2n) is 6.50. The maximum Gasteiger partial charge on any atom is 0.416 e. The van der Waals surface area contributed by atoms with Crippen molar-refractivity contribution in [2.75, 3.05) is 19.5 Å². The molecule has 3 aromatic rings. The van der Waals surface area contributed by atoms with Gasteiger partial charge in [-0.15, -0.1) is 0 Å². The Hall–Kier alpha value is -3.34. The molecule has 0 bridgehead atoms. The predicted molar refractivity (Wildman–Crippen MR) is 108 cm³/mol. The van der Waals surface area contributed by atoms with Gasteiger partial charge in [-0.05, 0) is 36.2 Å². The number of hydrogen-bond acceptors (Lipinski definition) is 7. The number of nitro groups is 1. The Bertz CT molecular complexity index is 1160. The minimum absolute atomic E-state index is 0.0462. The lowest BCUT2D eigenvalue weighted by atomic mass is 10.0. The molecule has 0 saturated heterocycles. The van der Waals surface area contributed by atoms with E-state index in [-0.39, 0.29) is 16.7 Å². The van der Waals surface area contributed by atoms with E-state index in [4.69, 9.17) is 21.1 Å². The van der Waals surface area contributed by atoms with Crippen LogP contribution in [0.25, 0.3) is 10.9 Å². The maximum absolute atomic E-state index is 13.2. The van der Waals surface area contributed by atoms with Crippen molar-refractivity contribution in [2.24, 2.45) is 0 Å². The number of benzene rings is 2. The lowest BCUT2D eigenvalue weighted by molar-refractivity contribution is -0.385. The van der Waals surface area contributed by atoms with Crippen molar-refractivity contribution in [1.82, 2.24) is 9.97 Å². The molecule has 0 radical (unpaired) electrons. The summed E-state index contributed by atoms with van der Waals surface area (Å²) in [7, 11) is 2.90. The molecular weight excluding hydrogens is 441 g/mol. The average Bonchev–Trinajstić information content (AvgIpc) is 2.71. The summed E-state index contributed by atoms with van der Waals surface area (Å²) in [5, 5.41) is 14.4. The molecule has 12 heteroatoms. The van der Waals surface area contributed by atoms with Crippen LogP contribution in [0.1, 0.15) is 24.1 Å². The fourth-order valence-electron chi connectivity index (χ4n) is 2.98. The van der Waals surface area contributed by atoms with Gasteiger partial charge in [0, 0.05) is 23.6 Å². The van der Waals surface area contributed by atoms with E-state index in [0.717, 1.165) is 12.1 Å². The van der Waals surface area contributed by atoms with Crippen molar-refractivity contribution >= 4 is 34.0 Å². The van der Waals surface area contributed by atoms with E-state index in [2.05, 4.69) is 15.3 Å². The smallest absolute Gasteiger partial charge is 0.416 e. The van der Waals surface area contributed by atoms with Gasteiger partial charge in [0.15, 0.2) is 11.5 Å². The summed E-state index contributed by atoms with van der Waals surface area (Å²) < 4.78 is 50.1. The van der Waals surface area contributed by atoms with Crippen molar-refractivity contribution in [3.05, 3.63) is 56.9 Å². The zero-order valence-corrected chi connectivity index (χ0v) is 17.2. The summed E-state index contributed by atoms with van der Waals surface area (Å²) in [5.74, 6) is 0.993. The van der Waals surface area contributed by atoms with E-state index < -0.39 is 28.4 Å². The number of halogens is 4. The number of ether oxygens (including phenoxy) is 2. The van der Waals surface area contributed by atoms with Gasteiger partial charge < -0.3 is 14.8 Å². The number of alkyl halides is 3. The van der Waals surface area contributed by atoms with Gasteiger partial charge in [0.25, 0.3) is 5.69 Å². The molecule has 0 amide bonds. The second kappa shape index (κ2) is 8.42. The molecule has 1 atom stereocenters. The first-order valence-electron chi connectivity index (χ1n) is 8.76. The van der Waals surface area contributed by atoms with Crippen molar-refractivity contribution in [3.63, 3.8) is 0 Å². The molecule has 164 valence electrons. The molecule has 8 nitrogen and oxygen atoms in total. The zero-order valence-electron chi connectivity index (χ0n) is 16.5. The van der Waals surface area contributed by atoms with Crippen molar-refractivity contribution in [2.45, 2.75) is 19.1 Å². The number of fused-ring (bicyclic) bond motifs is 1. The molecule has 1 heterocycles. The first kappa shape index (κ1) is 22.3. The molecule has 0 spiro atoms. The van der Waals surface area contributed by atoms with Crippen LogP contribution in [0.15, 0.2) is 30.3 Å². The largest absolute Gasteiger partial charge is 0.493 e. The summed E-state index contributed by atoms with van der Waals surface area (Å²) in [6.45, 7) is 1.54. The topological polar surface area (TPSA) is 99.4 Å². The third-order valence-corrected chi connectivity index (χ3v) is 4.67. The molecule has 1 N–H and O–H groups in total. The molecule has 0 saturated carbocycles. The van der Waals surface area contributed by atoms with E-state index >= 15 is 0 Å². The van der Waals surface area contributed by atoms with Gasteiger partial charge in [-0.1, -0.05) is 0 Å². The van der Waals surface area contributed by atoms with Crippen LogP contribution in [-0.4, -0.2) is 29.1 Å². The quantitative estimate of drug-likeness (QED) is 0.301. The minimum atomic E-state index is -4.74. The fourth-order valence-corrected chi connectivity index (χ4v) is 3.16. The van der Waals surface area contributed by atoms with Crippen LogP contribution in [0, 0.1) is 10.1 Å². The molecule has 31 heavy (non-hydrogen) atoms. The standard InChI is InChI=1S/C19H16ClF3N4O4/c1-9(10-4-11(19(21,22)23)6-12(5-10)27(28)29)24-17-13-7-15(30-2)16(31-3)8-14(13)25-18(20)26-17/h4-9H,1-3H3,(H,24,25,26). The van der Waals surface area contributed by atoms with E-state index in [0.29, 0.717) is 28.5 Å². The number of nitrogens with one attached hydrogen (secondary N) is 1. The van der Waals surface area contributed by atoms with Crippen LogP contribution in [-0.2, 0) is 6.18 Å². The van der Waals surface area contributed by atoms with Gasteiger partial charge in [-0.25, -0.2) is 9.97 Å². The monoisotopic (exact) mass is 456 g/mol. The number of methoxy groups -OCH3 is 2. The Morgan fingerprint density at radius 2 is 1.74 bits per heavy atom. The fraction of sp³-hybridized carbons (Fsp3) is 0.263. The van der Waals surface area contributed by atoms with E-state index in [1.54, 1.807) is 19.1 Å². The third-order valence-electron chi connectivity index (χ3n) is 4.51. The lowest BCUT2D eigenvalue weighted by Crippen LogP contribution is -2.12. The molecule has 0 fully saturated rings. The van der Waals surface area contributed by atoms with Gasteiger partial charge in [0.1, 0.15) is 5.82 Å². The number of nitrogens with zero attached hydrogens (tertiary/aromatic N) is 3.